The molecule has 0 amide bonds. The Balaban J connectivity index is 2.28. The standard InChI is InChI=1S/C5H10N4S/c1-9(2)7-4-5-3-6-8-10-5/h3,7H,4H2,1-2H3. The number of rotatable bonds is 3. The highest BCUT2D eigenvalue weighted by atomic mass is 32.1. The molecule has 56 valence electrons. The Kier molecular flexibility index (Phi) is 2.73. The van der Waals surface area contributed by atoms with E-state index >= 15 is 0 Å². The molecule has 0 saturated carbocycles. The van der Waals surface area contributed by atoms with Crippen molar-refractivity contribution >= 4 is 11.5 Å². The lowest BCUT2D eigenvalue weighted by atomic mass is 10.6. The van der Waals surface area contributed by atoms with Crippen molar-refractivity contribution in [3.05, 3.63) is 11.1 Å². The average molecular weight is 158 g/mol. The van der Waals surface area contributed by atoms with Crippen LogP contribution in [0.5, 0.6) is 0 Å². The molecule has 0 bridgehead atoms. The number of hydrogen-bond donors (Lipinski definition) is 1. The van der Waals surface area contributed by atoms with E-state index < -0.39 is 0 Å². The van der Waals surface area contributed by atoms with E-state index in [4.69, 9.17) is 0 Å². The van der Waals surface area contributed by atoms with E-state index in [0.717, 1.165) is 11.4 Å². The molecule has 0 aromatic carbocycles. The van der Waals surface area contributed by atoms with Gasteiger partial charge in [-0.15, -0.1) is 5.10 Å². The Hall–Kier alpha value is -0.520. The minimum absolute atomic E-state index is 0.810. The molecule has 0 unspecified atom stereocenters. The topological polar surface area (TPSA) is 41.0 Å². The Morgan fingerprint density at radius 1 is 1.70 bits per heavy atom. The predicted molar refractivity (Wildman–Crippen MR) is 40.4 cm³/mol. The molecule has 0 saturated heterocycles. The molecule has 4 nitrogen and oxygen atoms in total. The molecule has 0 atom stereocenters. The van der Waals surface area contributed by atoms with Crippen molar-refractivity contribution in [1.82, 2.24) is 20.0 Å². The summed E-state index contributed by atoms with van der Waals surface area (Å²) in [6.45, 7) is 0.810. The van der Waals surface area contributed by atoms with Crippen LogP contribution >= 0.6 is 11.5 Å². The van der Waals surface area contributed by atoms with Gasteiger partial charge in [0.15, 0.2) is 0 Å². The zero-order valence-corrected chi connectivity index (χ0v) is 6.85. The van der Waals surface area contributed by atoms with Gasteiger partial charge in [0.2, 0.25) is 0 Å². The van der Waals surface area contributed by atoms with Crippen LogP contribution in [-0.2, 0) is 6.54 Å². The van der Waals surface area contributed by atoms with Crippen LogP contribution in [0.3, 0.4) is 0 Å². The van der Waals surface area contributed by atoms with Crippen molar-refractivity contribution in [2.75, 3.05) is 14.1 Å². The van der Waals surface area contributed by atoms with Gasteiger partial charge >= 0.3 is 0 Å². The van der Waals surface area contributed by atoms with Crippen molar-refractivity contribution in [3.63, 3.8) is 0 Å². The van der Waals surface area contributed by atoms with Crippen LogP contribution in [0.15, 0.2) is 6.20 Å². The molecular weight excluding hydrogens is 148 g/mol. The first kappa shape index (κ1) is 7.59. The quantitative estimate of drug-likeness (QED) is 0.634. The third-order valence-corrected chi connectivity index (χ3v) is 1.64. The Labute approximate surface area is 64.0 Å². The van der Waals surface area contributed by atoms with E-state index in [0.29, 0.717) is 0 Å². The lowest BCUT2D eigenvalue weighted by Gasteiger charge is -2.08. The van der Waals surface area contributed by atoms with Crippen molar-refractivity contribution in [1.29, 1.82) is 0 Å². The molecule has 1 heterocycles. The van der Waals surface area contributed by atoms with Gasteiger partial charge in [0.1, 0.15) is 0 Å². The van der Waals surface area contributed by atoms with Crippen molar-refractivity contribution in [2.24, 2.45) is 0 Å². The first-order valence-corrected chi connectivity index (χ1v) is 3.73. The van der Waals surface area contributed by atoms with Crippen LogP contribution in [0.2, 0.25) is 0 Å². The molecule has 0 aliphatic rings. The molecular formula is C5H10N4S. The fourth-order valence-corrected chi connectivity index (χ4v) is 0.924. The van der Waals surface area contributed by atoms with Gasteiger partial charge in [-0.2, -0.15) is 0 Å². The van der Waals surface area contributed by atoms with E-state index in [-0.39, 0.29) is 0 Å². The summed E-state index contributed by atoms with van der Waals surface area (Å²) in [7, 11) is 3.91. The summed E-state index contributed by atoms with van der Waals surface area (Å²) in [5.41, 5.74) is 3.11. The minimum Gasteiger partial charge on any atom is -0.250 e. The lowest BCUT2D eigenvalue weighted by molar-refractivity contribution is 0.287. The summed E-state index contributed by atoms with van der Waals surface area (Å²) in [4.78, 5) is 1.15. The fourth-order valence-electron chi connectivity index (χ4n) is 0.501. The van der Waals surface area contributed by atoms with Gasteiger partial charge < -0.3 is 0 Å². The zero-order chi connectivity index (χ0) is 7.40. The third kappa shape index (κ3) is 2.38. The monoisotopic (exact) mass is 158 g/mol. The van der Waals surface area contributed by atoms with Crippen LogP contribution in [0.25, 0.3) is 0 Å². The fraction of sp³-hybridized carbons (Fsp3) is 0.600. The summed E-state index contributed by atoms with van der Waals surface area (Å²) in [6, 6.07) is 0. The Bertz CT molecular complexity index is 172. The maximum absolute atomic E-state index is 3.73. The molecule has 1 rings (SSSR count). The second-order valence-corrected chi connectivity index (χ2v) is 2.98. The number of hydrogen-bond acceptors (Lipinski definition) is 5. The summed E-state index contributed by atoms with van der Waals surface area (Å²) in [5, 5.41) is 5.61. The molecule has 10 heavy (non-hydrogen) atoms. The van der Waals surface area contributed by atoms with Gasteiger partial charge in [0.25, 0.3) is 0 Å². The maximum Gasteiger partial charge on any atom is 0.0666 e. The van der Waals surface area contributed by atoms with E-state index in [2.05, 4.69) is 15.0 Å². The molecule has 0 aliphatic heterocycles. The highest BCUT2D eigenvalue weighted by Gasteiger charge is 1.94. The SMILES string of the molecule is CN(C)NCc1cnns1. The Morgan fingerprint density at radius 3 is 3.00 bits per heavy atom. The molecule has 0 aliphatic carbocycles. The van der Waals surface area contributed by atoms with Crippen LogP contribution in [0.1, 0.15) is 4.88 Å². The van der Waals surface area contributed by atoms with Gasteiger partial charge in [-0.1, -0.05) is 4.49 Å². The smallest absolute Gasteiger partial charge is 0.0666 e. The highest BCUT2D eigenvalue weighted by molar-refractivity contribution is 7.05. The molecule has 0 spiro atoms. The number of aromatic nitrogens is 2. The van der Waals surface area contributed by atoms with Crippen LogP contribution in [-0.4, -0.2) is 28.7 Å². The van der Waals surface area contributed by atoms with Crippen LogP contribution < -0.4 is 5.43 Å². The van der Waals surface area contributed by atoms with Gasteiger partial charge in [0, 0.05) is 20.6 Å². The highest BCUT2D eigenvalue weighted by Crippen LogP contribution is 1.99. The van der Waals surface area contributed by atoms with E-state index in [1.165, 1.54) is 11.5 Å². The molecule has 0 fully saturated rings. The van der Waals surface area contributed by atoms with Crippen LogP contribution in [0, 0.1) is 0 Å². The lowest BCUT2D eigenvalue weighted by Crippen LogP contribution is -2.29. The van der Waals surface area contributed by atoms with Crippen molar-refractivity contribution in [2.45, 2.75) is 6.54 Å². The van der Waals surface area contributed by atoms with Gasteiger partial charge in [0.05, 0.1) is 11.1 Å². The first-order chi connectivity index (χ1) is 4.79. The summed E-state index contributed by atoms with van der Waals surface area (Å²) < 4.78 is 3.73. The third-order valence-electron chi connectivity index (χ3n) is 0.976. The Morgan fingerprint density at radius 2 is 2.50 bits per heavy atom. The van der Waals surface area contributed by atoms with E-state index in [9.17, 15) is 0 Å². The van der Waals surface area contributed by atoms with E-state index in [1.54, 1.807) is 6.20 Å². The van der Waals surface area contributed by atoms with Crippen molar-refractivity contribution < 1.29 is 0 Å². The molecule has 1 N–H and O–H groups in total. The average Bonchev–Trinajstić information content (AvgIpc) is 2.34. The zero-order valence-electron chi connectivity index (χ0n) is 6.03. The normalized spacial score (nSPS) is 10.7. The number of nitrogens with zero attached hydrogens (tertiary/aromatic N) is 3. The van der Waals surface area contributed by atoms with E-state index in [1.807, 2.05) is 19.1 Å². The van der Waals surface area contributed by atoms with Crippen molar-refractivity contribution in [3.8, 4) is 0 Å². The maximum atomic E-state index is 3.73. The largest absolute Gasteiger partial charge is 0.250 e. The summed E-state index contributed by atoms with van der Waals surface area (Å²) >= 11 is 1.41. The minimum atomic E-state index is 0.810. The molecule has 5 heteroatoms. The summed E-state index contributed by atoms with van der Waals surface area (Å²) in [6.07, 6.45) is 1.77. The molecule has 1 aromatic heterocycles. The predicted octanol–water partition coefficient (Wildman–Crippen LogP) is 0.104. The van der Waals surface area contributed by atoms with Gasteiger partial charge in [-0.3, -0.25) is 10.4 Å². The summed E-state index contributed by atoms with van der Waals surface area (Å²) in [5.74, 6) is 0. The molecule has 1 aromatic rings. The first-order valence-electron chi connectivity index (χ1n) is 2.96. The number of nitrogens with one attached hydrogen (secondary N) is 1. The number of hydrazine groups is 1. The van der Waals surface area contributed by atoms with Gasteiger partial charge in [-0.05, 0) is 11.5 Å². The van der Waals surface area contributed by atoms with Crippen LogP contribution in [0.4, 0.5) is 0 Å². The second kappa shape index (κ2) is 3.60. The van der Waals surface area contributed by atoms with Gasteiger partial charge in [-0.25, -0.2) is 0 Å². The second-order valence-electron chi connectivity index (χ2n) is 2.11. The molecule has 0 radical (unpaired) electrons.